The largest absolute Gasteiger partial charge is 0.493 e. The Kier molecular flexibility index (Phi) is 4.39. The molecule has 2 atom stereocenters. The number of ether oxygens (including phenoxy) is 1. The highest BCUT2D eigenvalue weighted by Crippen LogP contribution is 2.34. The molecule has 1 aromatic carbocycles. The molecule has 1 N–H and O–H groups in total. The van der Waals surface area contributed by atoms with Crippen molar-refractivity contribution in [2.75, 3.05) is 18.5 Å². The summed E-state index contributed by atoms with van der Waals surface area (Å²) in [5.41, 5.74) is 1.19. The number of anilines is 1. The standard InChI is InChI=1S/C18H28N2O/c1-13(2)12-21-18-6-4-5-15(10-18)19-16-9-14(3)20(11-16)17-7-8-17/h4-6,10,13-14,16-17,19H,7-9,11-12H2,1-3H3. The van der Waals surface area contributed by atoms with E-state index in [-0.39, 0.29) is 0 Å². The van der Waals surface area contributed by atoms with Crippen molar-refractivity contribution in [1.82, 2.24) is 4.90 Å². The first-order chi connectivity index (χ1) is 10.1. The van der Waals surface area contributed by atoms with Gasteiger partial charge in [-0.15, -0.1) is 0 Å². The molecule has 2 aliphatic rings. The lowest BCUT2D eigenvalue weighted by molar-refractivity contribution is 0.257. The van der Waals surface area contributed by atoms with Crippen molar-refractivity contribution >= 4 is 5.69 Å². The van der Waals surface area contributed by atoms with E-state index < -0.39 is 0 Å². The highest BCUT2D eigenvalue weighted by molar-refractivity contribution is 5.49. The lowest BCUT2D eigenvalue weighted by Gasteiger charge is -2.20. The van der Waals surface area contributed by atoms with Crippen molar-refractivity contribution in [1.29, 1.82) is 0 Å². The number of hydrogen-bond donors (Lipinski definition) is 1. The van der Waals surface area contributed by atoms with Crippen LogP contribution >= 0.6 is 0 Å². The predicted octanol–water partition coefficient (Wildman–Crippen LogP) is 3.76. The Hall–Kier alpha value is -1.22. The number of likely N-dealkylation sites (tertiary alicyclic amines) is 1. The van der Waals surface area contributed by atoms with Crippen molar-refractivity contribution < 1.29 is 4.74 Å². The molecular formula is C18H28N2O. The molecule has 1 saturated heterocycles. The van der Waals surface area contributed by atoms with Crippen molar-refractivity contribution in [2.45, 2.75) is 58.2 Å². The van der Waals surface area contributed by atoms with Gasteiger partial charge >= 0.3 is 0 Å². The fourth-order valence-electron chi connectivity index (χ4n) is 3.25. The molecule has 21 heavy (non-hydrogen) atoms. The monoisotopic (exact) mass is 288 g/mol. The number of nitrogens with zero attached hydrogens (tertiary/aromatic N) is 1. The summed E-state index contributed by atoms with van der Waals surface area (Å²) in [7, 11) is 0. The second-order valence-corrected chi connectivity index (χ2v) is 7.09. The maximum atomic E-state index is 5.81. The Morgan fingerprint density at radius 1 is 1.33 bits per heavy atom. The summed E-state index contributed by atoms with van der Waals surface area (Å²) in [6.07, 6.45) is 4.04. The van der Waals surface area contributed by atoms with Crippen LogP contribution in [0.25, 0.3) is 0 Å². The summed E-state index contributed by atoms with van der Waals surface area (Å²) < 4.78 is 5.81. The number of benzene rings is 1. The highest BCUT2D eigenvalue weighted by atomic mass is 16.5. The van der Waals surface area contributed by atoms with Gasteiger partial charge in [0.05, 0.1) is 6.61 Å². The average molecular weight is 288 g/mol. The maximum Gasteiger partial charge on any atom is 0.121 e. The van der Waals surface area contributed by atoms with Gasteiger partial charge in [-0.1, -0.05) is 19.9 Å². The van der Waals surface area contributed by atoms with E-state index in [9.17, 15) is 0 Å². The lowest BCUT2D eigenvalue weighted by atomic mass is 10.2. The van der Waals surface area contributed by atoms with Crippen LogP contribution in [0.15, 0.2) is 24.3 Å². The van der Waals surface area contributed by atoms with Crippen molar-refractivity contribution in [3.63, 3.8) is 0 Å². The summed E-state index contributed by atoms with van der Waals surface area (Å²) >= 11 is 0. The third-order valence-electron chi connectivity index (χ3n) is 4.43. The van der Waals surface area contributed by atoms with Crippen molar-refractivity contribution in [3.05, 3.63) is 24.3 Å². The van der Waals surface area contributed by atoms with Crippen LogP contribution in [-0.2, 0) is 0 Å². The summed E-state index contributed by atoms with van der Waals surface area (Å²) in [5, 5.41) is 3.69. The Labute approximate surface area is 128 Å². The zero-order valence-corrected chi connectivity index (χ0v) is 13.5. The number of nitrogens with one attached hydrogen (secondary N) is 1. The molecule has 3 heteroatoms. The van der Waals surface area contributed by atoms with Crippen molar-refractivity contribution in [3.8, 4) is 5.75 Å². The van der Waals surface area contributed by atoms with Gasteiger partial charge in [0, 0.05) is 36.4 Å². The fourth-order valence-corrected chi connectivity index (χ4v) is 3.25. The van der Waals surface area contributed by atoms with E-state index in [1.54, 1.807) is 0 Å². The van der Waals surface area contributed by atoms with Crippen LogP contribution in [0.2, 0.25) is 0 Å². The first-order valence-corrected chi connectivity index (χ1v) is 8.37. The van der Waals surface area contributed by atoms with Gasteiger partial charge in [-0.2, -0.15) is 0 Å². The molecule has 0 aromatic heterocycles. The lowest BCUT2D eigenvalue weighted by Crippen LogP contribution is -2.31. The van der Waals surface area contributed by atoms with Gasteiger partial charge in [0.15, 0.2) is 0 Å². The zero-order chi connectivity index (χ0) is 14.8. The minimum absolute atomic E-state index is 0.560. The van der Waals surface area contributed by atoms with E-state index in [1.807, 2.05) is 6.07 Å². The second-order valence-electron chi connectivity index (χ2n) is 7.09. The Morgan fingerprint density at radius 3 is 2.86 bits per heavy atom. The minimum Gasteiger partial charge on any atom is -0.493 e. The van der Waals surface area contributed by atoms with Gasteiger partial charge in [-0.3, -0.25) is 4.90 Å². The molecule has 1 aromatic rings. The SMILES string of the molecule is CC(C)COc1cccc(NC2CC(C)N(C3CC3)C2)c1. The smallest absolute Gasteiger partial charge is 0.121 e. The first kappa shape index (κ1) is 14.7. The topological polar surface area (TPSA) is 24.5 Å². The summed E-state index contributed by atoms with van der Waals surface area (Å²) in [6.45, 7) is 8.67. The zero-order valence-electron chi connectivity index (χ0n) is 13.5. The predicted molar refractivity (Wildman–Crippen MR) is 88.0 cm³/mol. The van der Waals surface area contributed by atoms with E-state index in [1.165, 1.54) is 31.5 Å². The van der Waals surface area contributed by atoms with Crippen LogP contribution in [0, 0.1) is 5.92 Å². The van der Waals surface area contributed by atoms with Crippen LogP contribution in [0.4, 0.5) is 5.69 Å². The van der Waals surface area contributed by atoms with Crippen LogP contribution in [0.1, 0.15) is 40.0 Å². The van der Waals surface area contributed by atoms with E-state index in [0.29, 0.717) is 12.0 Å². The van der Waals surface area contributed by atoms with Gasteiger partial charge < -0.3 is 10.1 Å². The Morgan fingerprint density at radius 2 is 2.14 bits per heavy atom. The van der Waals surface area contributed by atoms with Crippen molar-refractivity contribution in [2.24, 2.45) is 5.92 Å². The molecule has 0 bridgehead atoms. The molecule has 0 spiro atoms. The van der Waals surface area contributed by atoms with Crippen LogP contribution in [0.3, 0.4) is 0 Å². The Bertz CT molecular complexity index is 470. The van der Waals surface area contributed by atoms with Crippen LogP contribution in [0.5, 0.6) is 5.75 Å². The summed E-state index contributed by atoms with van der Waals surface area (Å²) in [4.78, 5) is 2.68. The maximum absolute atomic E-state index is 5.81. The molecule has 3 nitrogen and oxygen atoms in total. The van der Waals surface area contributed by atoms with E-state index in [2.05, 4.69) is 49.2 Å². The molecule has 0 amide bonds. The Balaban J connectivity index is 1.56. The number of hydrogen-bond acceptors (Lipinski definition) is 3. The first-order valence-electron chi connectivity index (χ1n) is 8.37. The van der Waals surface area contributed by atoms with Gasteiger partial charge in [-0.25, -0.2) is 0 Å². The molecule has 0 radical (unpaired) electrons. The average Bonchev–Trinajstić information content (AvgIpc) is 3.22. The molecule has 1 heterocycles. The minimum atomic E-state index is 0.560. The molecule has 2 fully saturated rings. The van der Waals surface area contributed by atoms with E-state index >= 15 is 0 Å². The quantitative estimate of drug-likeness (QED) is 0.862. The highest BCUT2D eigenvalue weighted by Gasteiger charge is 2.38. The van der Waals surface area contributed by atoms with Crippen LogP contribution < -0.4 is 10.1 Å². The van der Waals surface area contributed by atoms with Crippen LogP contribution in [-0.4, -0.2) is 36.2 Å². The van der Waals surface area contributed by atoms with Gasteiger partial charge in [0.2, 0.25) is 0 Å². The van der Waals surface area contributed by atoms with Gasteiger partial charge in [0.1, 0.15) is 5.75 Å². The molecular weight excluding hydrogens is 260 g/mol. The third kappa shape index (κ3) is 3.91. The second kappa shape index (κ2) is 6.27. The van der Waals surface area contributed by atoms with Gasteiger partial charge in [0.25, 0.3) is 0 Å². The van der Waals surface area contributed by atoms with E-state index in [4.69, 9.17) is 4.74 Å². The summed E-state index contributed by atoms with van der Waals surface area (Å²) in [6, 6.07) is 10.6. The normalized spacial score (nSPS) is 26.3. The fraction of sp³-hybridized carbons (Fsp3) is 0.667. The molecule has 1 aliphatic carbocycles. The summed E-state index contributed by atoms with van der Waals surface area (Å²) in [5.74, 6) is 1.53. The molecule has 3 rings (SSSR count). The van der Waals surface area contributed by atoms with Gasteiger partial charge in [-0.05, 0) is 44.2 Å². The van der Waals surface area contributed by atoms with E-state index in [0.717, 1.165) is 24.4 Å². The molecule has 1 aliphatic heterocycles. The third-order valence-corrected chi connectivity index (χ3v) is 4.43. The number of rotatable bonds is 6. The molecule has 2 unspecified atom stereocenters. The molecule has 116 valence electrons. The molecule has 1 saturated carbocycles.